The predicted molar refractivity (Wildman–Crippen MR) is 135 cm³/mol. The van der Waals surface area contributed by atoms with E-state index in [1.807, 2.05) is 43.3 Å². The summed E-state index contributed by atoms with van der Waals surface area (Å²) >= 11 is 6.57. The molecular formula is C25H27NO4S2. The van der Waals surface area contributed by atoms with Crippen LogP contribution in [0.4, 0.5) is 0 Å². The van der Waals surface area contributed by atoms with E-state index in [2.05, 4.69) is 19.6 Å². The standard InChI is InChI=1S/C25H27NO4S2/c1-5-11-26-24(27)23(32-25(26)31)16-19-8-10-21(22(15-19)28-4)30-13-6-12-29-20-9-7-17(2)14-18(20)3/h5,7-10,14-16H,1,6,11-13H2,2-4H3/b23-16+. The van der Waals surface area contributed by atoms with E-state index in [4.69, 9.17) is 26.4 Å². The van der Waals surface area contributed by atoms with Gasteiger partial charge in [-0.15, -0.1) is 6.58 Å². The molecule has 0 saturated carbocycles. The molecule has 168 valence electrons. The van der Waals surface area contributed by atoms with E-state index in [-0.39, 0.29) is 5.91 Å². The first-order valence-corrected chi connectivity index (χ1v) is 11.5. The number of thioether (sulfide) groups is 1. The minimum absolute atomic E-state index is 0.108. The van der Waals surface area contributed by atoms with E-state index in [1.165, 1.54) is 22.2 Å². The van der Waals surface area contributed by atoms with E-state index >= 15 is 0 Å². The minimum Gasteiger partial charge on any atom is -0.493 e. The van der Waals surface area contributed by atoms with Gasteiger partial charge in [-0.1, -0.05) is 53.8 Å². The van der Waals surface area contributed by atoms with E-state index in [0.717, 1.165) is 23.3 Å². The minimum atomic E-state index is -0.108. The maximum atomic E-state index is 12.5. The number of hydrogen-bond acceptors (Lipinski definition) is 6. The van der Waals surface area contributed by atoms with Crippen molar-refractivity contribution in [3.8, 4) is 17.2 Å². The number of ether oxygens (including phenoxy) is 3. The molecule has 0 aromatic heterocycles. The van der Waals surface area contributed by atoms with Crippen LogP contribution in [0.2, 0.25) is 0 Å². The second-order valence-corrected chi connectivity index (χ2v) is 8.99. The van der Waals surface area contributed by atoms with Crippen molar-refractivity contribution < 1.29 is 19.0 Å². The number of amides is 1. The molecule has 0 bridgehead atoms. The fourth-order valence-electron chi connectivity index (χ4n) is 3.22. The zero-order valence-electron chi connectivity index (χ0n) is 18.6. The van der Waals surface area contributed by atoms with Crippen molar-refractivity contribution >= 4 is 40.3 Å². The zero-order valence-corrected chi connectivity index (χ0v) is 20.2. The largest absolute Gasteiger partial charge is 0.493 e. The molecule has 1 amide bonds. The highest BCUT2D eigenvalue weighted by molar-refractivity contribution is 8.26. The summed E-state index contributed by atoms with van der Waals surface area (Å²) in [6, 6.07) is 11.7. The van der Waals surface area contributed by atoms with Gasteiger partial charge in [-0.05, 0) is 49.2 Å². The number of rotatable bonds is 10. The van der Waals surface area contributed by atoms with Crippen LogP contribution in [0.15, 0.2) is 54.0 Å². The third-order valence-electron chi connectivity index (χ3n) is 4.80. The van der Waals surface area contributed by atoms with Gasteiger partial charge in [0.15, 0.2) is 11.5 Å². The second kappa shape index (κ2) is 11.2. The van der Waals surface area contributed by atoms with Crippen molar-refractivity contribution in [2.75, 3.05) is 26.9 Å². The maximum absolute atomic E-state index is 12.5. The Morgan fingerprint density at radius 3 is 2.47 bits per heavy atom. The van der Waals surface area contributed by atoms with Crippen LogP contribution in [0.5, 0.6) is 17.2 Å². The Labute approximate surface area is 199 Å². The lowest BCUT2D eigenvalue weighted by Crippen LogP contribution is -2.27. The van der Waals surface area contributed by atoms with Crippen LogP contribution in [0.1, 0.15) is 23.1 Å². The van der Waals surface area contributed by atoms with Crippen LogP contribution in [-0.4, -0.2) is 42.0 Å². The molecule has 0 atom stereocenters. The highest BCUT2D eigenvalue weighted by Crippen LogP contribution is 2.34. The quantitative estimate of drug-likeness (QED) is 0.197. The van der Waals surface area contributed by atoms with Crippen LogP contribution in [0, 0.1) is 13.8 Å². The van der Waals surface area contributed by atoms with Crippen molar-refractivity contribution in [3.63, 3.8) is 0 Å². The van der Waals surface area contributed by atoms with E-state index < -0.39 is 0 Å². The van der Waals surface area contributed by atoms with Gasteiger partial charge in [0.1, 0.15) is 10.1 Å². The molecule has 1 aliphatic rings. The fraction of sp³-hybridized carbons (Fsp3) is 0.280. The van der Waals surface area contributed by atoms with Gasteiger partial charge in [0, 0.05) is 13.0 Å². The third-order valence-corrected chi connectivity index (χ3v) is 6.18. The Hall–Kier alpha value is -2.77. The molecule has 1 aliphatic heterocycles. The van der Waals surface area contributed by atoms with Crippen molar-refractivity contribution in [1.82, 2.24) is 4.90 Å². The lowest BCUT2D eigenvalue weighted by molar-refractivity contribution is -0.121. The maximum Gasteiger partial charge on any atom is 0.266 e. The number of aryl methyl sites for hydroxylation is 2. The van der Waals surface area contributed by atoms with Gasteiger partial charge in [0.05, 0.1) is 25.2 Å². The van der Waals surface area contributed by atoms with E-state index in [1.54, 1.807) is 13.2 Å². The molecule has 1 saturated heterocycles. The molecule has 0 aliphatic carbocycles. The van der Waals surface area contributed by atoms with Crippen LogP contribution in [0.3, 0.4) is 0 Å². The van der Waals surface area contributed by atoms with Crippen molar-refractivity contribution in [2.45, 2.75) is 20.3 Å². The summed E-state index contributed by atoms with van der Waals surface area (Å²) in [5.74, 6) is 2.05. The van der Waals surface area contributed by atoms with Gasteiger partial charge in [-0.25, -0.2) is 0 Å². The molecule has 0 spiro atoms. The second-order valence-electron chi connectivity index (χ2n) is 7.31. The number of nitrogens with zero attached hydrogens (tertiary/aromatic N) is 1. The van der Waals surface area contributed by atoms with Gasteiger partial charge >= 0.3 is 0 Å². The van der Waals surface area contributed by atoms with Crippen molar-refractivity contribution in [3.05, 3.63) is 70.6 Å². The Balaban J connectivity index is 1.56. The first-order valence-electron chi connectivity index (χ1n) is 10.3. The number of methoxy groups -OCH3 is 1. The first kappa shape index (κ1) is 23.9. The molecular weight excluding hydrogens is 442 g/mol. The van der Waals surface area contributed by atoms with Crippen molar-refractivity contribution in [2.24, 2.45) is 0 Å². The summed E-state index contributed by atoms with van der Waals surface area (Å²) in [5, 5.41) is 0. The lowest BCUT2D eigenvalue weighted by atomic mass is 10.1. The summed E-state index contributed by atoms with van der Waals surface area (Å²) in [4.78, 5) is 14.6. The van der Waals surface area contributed by atoms with Gasteiger partial charge in [-0.2, -0.15) is 0 Å². The summed E-state index contributed by atoms with van der Waals surface area (Å²) < 4.78 is 17.8. The molecule has 1 fully saturated rings. The third kappa shape index (κ3) is 5.93. The molecule has 1 heterocycles. The molecule has 0 radical (unpaired) electrons. The monoisotopic (exact) mass is 469 g/mol. The number of thiocarbonyl (C=S) groups is 1. The number of hydrogen-bond donors (Lipinski definition) is 0. The number of carbonyl (C=O) groups is 1. The van der Waals surface area contributed by atoms with Crippen LogP contribution in [0.25, 0.3) is 6.08 Å². The fourth-order valence-corrected chi connectivity index (χ4v) is 4.49. The topological polar surface area (TPSA) is 48.0 Å². The molecule has 0 unspecified atom stereocenters. The molecule has 7 heteroatoms. The Kier molecular flexibility index (Phi) is 8.36. The summed E-state index contributed by atoms with van der Waals surface area (Å²) in [6.07, 6.45) is 4.21. The van der Waals surface area contributed by atoms with Gasteiger partial charge in [0.25, 0.3) is 5.91 Å². The summed E-state index contributed by atoms with van der Waals surface area (Å²) in [6.45, 7) is 9.26. The smallest absolute Gasteiger partial charge is 0.266 e. The van der Waals surface area contributed by atoms with Crippen LogP contribution in [-0.2, 0) is 4.79 Å². The van der Waals surface area contributed by atoms with E-state index in [9.17, 15) is 4.79 Å². The predicted octanol–water partition coefficient (Wildman–Crippen LogP) is 5.55. The number of benzene rings is 2. The SMILES string of the molecule is C=CCN1C(=O)/C(=C\c2ccc(OCCCOc3ccc(C)cc3C)c(OC)c2)SC1=S. The van der Waals surface area contributed by atoms with E-state index in [0.29, 0.717) is 40.5 Å². The highest BCUT2D eigenvalue weighted by Gasteiger charge is 2.31. The molecule has 32 heavy (non-hydrogen) atoms. The average Bonchev–Trinajstić information content (AvgIpc) is 3.03. The van der Waals surface area contributed by atoms with Gasteiger partial charge in [0.2, 0.25) is 0 Å². The lowest BCUT2D eigenvalue weighted by Gasteiger charge is -2.13. The molecule has 2 aromatic rings. The molecule has 2 aromatic carbocycles. The Bertz CT molecular complexity index is 1050. The molecule has 3 rings (SSSR count). The zero-order chi connectivity index (χ0) is 23.1. The van der Waals surface area contributed by atoms with Crippen LogP contribution >= 0.6 is 24.0 Å². The van der Waals surface area contributed by atoms with Gasteiger partial charge in [-0.3, -0.25) is 9.69 Å². The Morgan fingerprint density at radius 1 is 1.06 bits per heavy atom. The molecule has 0 N–H and O–H groups in total. The van der Waals surface area contributed by atoms with Crippen molar-refractivity contribution in [1.29, 1.82) is 0 Å². The van der Waals surface area contributed by atoms with Crippen LogP contribution < -0.4 is 14.2 Å². The Morgan fingerprint density at radius 2 is 1.78 bits per heavy atom. The molecule has 5 nitrogen and oxygen atoms in total. The highest BCUT2D eigenvalue weighted by atomic mass is 32.2. The summed E-state index contributed by atoms with van der Waals surface area (Å²) in [5.41, 5.74) is 3.19. The first-order chi connectivity index (χ1) is 15.4. The summed E-state index contributed by atoms with van der Waals surface area (Å²) in [7, 11) is 1.60. The average molecular weight is 470 g/mol. The normalized spacial score (nSPS) is 14.7. The number of carbonyl (C=O) groups excluding carboxylic acids is 1. The van der Waals surface area contributed by atoms with Gasteiger partial charge < -0.3 is 14.2 Å².